The van der Waals surface area contributed by atoms with Crippen LogP contribution < -0.4 is 25.9 Å². The normalized spacial score (nSPS) is 12.9. The molecule has 9 aromatic carbocycles. The number of benzene rings is 9. The molecule has 10 aromatic rings. The first-order valence-electron chi connectivity index (χ1n) is 20.4. The molecule has 59 heavy (non-hydrogen) atoms. The molecule has 3 aliphatic rings. The van der Waals surface area contributed by atoms with Gasteiger partial charge in [0, 0.05) is 22.7 Å². The lowest BCUT2D eigenvalue weighted by Gasteiger charge is -2.33. The Morgan fingerprint density at radius 2 is 0.881 bits per heavy atom. The van der Waals surface area contributed by atoms with Gasteiger partial charge in [-0.3, -0.25) is 0 Å². The first-order valence-corrected chi connectivity index (χ1v) is 20.4. The molecule has 0 saturated heterocycles. The predicted molar refractivity (Wildman–Crippen MR) is 243 cm³/mol. The Morgan fingerprint density at radius 1 is 0.373 bits per heavy atom. The number of para-hydroxylation sites is 2. The largest absolute Gasteiger partial charge is 0.458 e. The molecule has 274 valence electrons. The van der Waals surface area contributed by atoms with Crippen LogP contribution in [-0.4, -0.2) is 11.3 Å². The highest BCUT2D eigenvalue weighted by Crippen LogP contribution is 2.47. The molecule has 0 unspecified atom stereocenters. The zero-order chi connectivity index (χ0) is 38.6. The Balaban J connectivity index is 0.970. The van der Waals surface area contributed by atoms with Crippen LogP contribution in [0, 0.1) is 0 Å². The van der Waals surface area contributed by atoms with Gasteiger partial charge in [-0.25, -0.2) is 0 Å². The quantitative estimate of drug-likeness (QED) is 0.167. The van der Waals surface area contributed by atoms with Crippen molar-refractivity contribution in [1.82, 2.24) is 4.57 Å². The van der Waals surface area contributed by atoms with Crippen molar-refractivity contribution < 1.29 is 9.47 Å². The maximum absolute atomic E-state index is 6.72. The number of aromatic nitrogens is 1. The van der Waals surface area contributed by atoms with Crippen molar-refractivity contribution in [3.8, 4) is 73.2 Å². The van der Waals surface area contributed by atoms with Gasteiger partial charge in [-0.05, 0) is 121 Å². The molecule has 2 aliphatic heterocycles. The van der Waals surface area contributed by atoms with Crippen LogP contribution in [0.3, 0.4) is 0 Å². The maximum atomic E-state index is 6.72. The molecular weight excluding hydrogens is 717 g/mol. The first-order chi connectivity index (χ1) is 29.2. The summed E-state index contributed by atoms with van der Waals surface area (Å²) in [6.07, 6.45) is 0.810. The fraction of sp³-hybridized carbons (Fsp3) is 0.0182. The number of hydrogen-bond acceptors (Lipinski definition) is 2. The smallest absolute Gasteiger partial charge is 0.260 e. The molecule has 1 aliphatic carbocycles. The molecule has 1 aromatic heterocycles. The summed E-state index contributed by atoms with van der Waals surface area (Å²) in [4.78, 5) is 0. The Kier molecular flexibility index (Phi) is 6.87. The van der Waals surface area contributed by atoms with Gasteiger partial charge in [-0.15, -0.1) is 0 Å². The average molecular weight is 752 g/mol. The highest BCUT2D eigenvalue weighted by atomic mass is 16.5. The number of nitrogens with zero attached hydrogens (tertiary/aromatic N) is 1. The second-order valence-electron chi connectivity index (χ2n) is 15.9. The monoisotopic (exact) mass is 751 g/mol. The molecule has 0 atom stereocenters. The third kappa shape index (κ3) is 4.84. The summed E-state index contributed by atoms with van der Waals surface area (Å²) in [7, 11) is 0. The van der Waals surface area contributed by atoms with Crippen molar-refractivity contribution in [3.63, 3.8) is 0 Å². The van der Waals surface area contributed by atoms with E-state index in [9.17, 15) is 0 Å². The third-order valence-corrected chi connectivity index (χ3v) is 12.8. The molecule has 0 amide bonds. The van der Waals surface area contributed by atoms with E-state index in [1.165, 1.54) is 88.5 Å². The van der Waals surface area contributed by atoms with Gasteiger partial charge in [-0.2, -0.15) is 0 Å². The second-order valence-corrected chi connectivity index (χ2v) is 15.9. The predicted octanol–water partition coefficient (Wildman–Crippen LogP) is 12.1. The van der Waals surface area contributed by atoms with Gasteiger partial charge < -0.3 is 14.0 Å². The minimum atomic E-state index is 0.0519. The molecule has 3 heterocycles. The summed E-state index contributed by atoms with van der Waals surface area (Å²) in [5.41, 5.74) is 19.4. The van der Waals surface area contributed by atoms with Gasteiger partial charge in [0.05, 0.1) is 16.7 Å². The SMILES string of the molecule is c1ccc(-c2ccc3c(c2)c2cc(-c4ccccc4)ccc2n3-c2cccc3c2Cc2c(-c4cc5c6c(c4)Oc4ccccc4B6c4ccccc4O5)cccc2-3)cc1. The zero-order valence-electron chi connectivity index (χ0n) is 32.0. The molecule has 0 bridgehead atoms. The Morgan fingerprint density at radius 3 is 1.47 bits per heavy atom. The minimum Gasteiger partial charge on any atom is -0.458 e. The lowest BCUT2D eigenvalue weighted by atomic mass is 9.35. The summed E-state index contributed by atoms with van der Waals surface area (Å²) in [5.74, 6) is 3.52. The van der Waals surface area contributed by atoms with E-state index in [0.717, 1.165) is 40.4 Å². The summed E-state index contributed by atoms with van der Waals surface area (Å²) < 4.78 is 15.9. The number of rotatable bonds is 4. The molecule has 0 N–H and O–H groups in total. The van der Waals surface area contributed by atoms with Crippen molar-refractivity contribution in [1.29, 1.82) is 0 Å². The summed E-state index contributed by atoms with van der Waals surface area (Å²) in [6, 6.07) is 70.2. The summed E-state index contributed by atoms with van der Waals surface area (Å²) >= 11 is 0. The fourth-order valence-corrected chi connectivity index (χ4v) is 10.2. The molecule has 0 radical (unpaired) electrons. The topological polar surface area (TPSA) is 23.4 Å². The highest BCUT2D eigenvalue weighted by Gasteiger charge is 2.40. The molecule has 4 heteroatoms. The van der Waals surface area contributed by atoms with Gasteiger partial charge in [0.1, 0.15) is 23.0 Å². The van der Waals surface area contributed by atoms with E-state index >= 15 is 0 Å². The lowest BCUT2D eigenvalue weighted by Crippen LogP contribution is -2.57. The van der Waals surface area contributed by atoms with Crippen LogP contribution in [0.1, 0.15) is 11.1 Å². The van der Waals surface area contributed by atoms with Crippen molar-refractivity contribution in [3.05, 3.63) is 205 Å². The van der Waals surface area contributed by atoms with Crippen LogP contribution in [0.25, 0.3) is 72.0 Å². The molecule has 3 nitrogen and oxygen atoms in total. The van der Waals surface area contributed by atoms with Crippen molar-refractivity contribution >= 4 is 44.9 Å². The zero-order valence-corrected chi connectivity index (χ0v) is 32.0. The van der Waals surface area contributed by atoms with Crippen LogP contribution >= 0.6 is 0 Å². The highest BCUT2D eigenvalue weighted by molar-refractivity contribution is 6.98. The minimum absolute atomic E-state index is 0.0519. The maximum Gasteiger partial charge on any atom is 0.260 e. The molecule has 0 saturated carbocycles. The average Bonchev–Trinajstić information content (AvgIpc) is 3.85. The molecular formula is C55H34BNO2. The van der Waals surface area contributed by atoms with Crippen LogP contribution in [0.5, 0.6) is 23.0 Å². The van der Waals surface area contributed by atoms with Crippen LogP contribution in [0.15, 0.2) is 194 Å². The van der Waals surface area contributed by atoms with Gasteiger partial charge in [0.15, 0.2) is 0 Å². The molecule has 0 spiro atoms. The fourth-order valence-electron chi connectivity index (χ4n) is 10.2. The number of ether oxygens (including phenoxy) is 2. The van der Waals surface area contributed by atoms with E-state index in [-0.39, 0.29) is 6.71 Å². The van der Waals surface area contributed by atoms with E-state index in [1.54, 1.807) is 0 Å². The second kappa shape index (κ2) is 12.5. The van der Waals surface area contributed by atoms with Crippen molar-refractivity contribution in [2.45, 2.75) is 6.42 Å². The van der Waals surface area contributed by atoms with E-state index < -0.39 is 0 Å². The lowest BCUT2D eigenvalue weighted by molar-refractivity contribution is 0.465. The van der Waals surface area contributed by atoms with Crippen molar-refractivity contribution in [2.24, 2.45) is 0 Å². The molecule has 0 fully saturated rings. The van der Waals surface area contributed by atoms with Crippen LogP contribution in [0.4, 0.5) is 0 Å². The summed E-state index contributed by atoms with van der Waals surface area (Å²) in [6.45, 7) is 0.0519. The van der Waals surface area contributed by atoms with Gasteiger partial charge in [-0.1, -0.05) is 140 Å². The number of hydrogen-bond donors (Lipinski definition) is 0. The van der Waals surface area contributed by atoms with Gasteiger partial charge >= 0.3 is 0 Å². The van der Waals surface area contributed by atoms with Crippen LogP contribution in [0.2, 0.25) is 0 Å². The Bertz CT molecular complexity index is 3200. The summed E-state index contributed by atoms with van der Waals surface area (Å²) in [5, 5.41) is 2.50. The third-order valence-electron chi connectivity index (χ3n) is 12.8. The van der Waals surface area contributed by atoms with E-state index in [4.69, 9.17) is 9.47 Å². The van der Waals surface area contributed by atoms with Gasteiger partial charge in [0.2, 0.25) is 0 Å². The van der Waals surface area contributed by atoms with E-state index in [1.807, 2.05) is 0 Å². The molecule has 13 rings (SSSR count). The van der Waals surface area contributed by atoms with Crippen molar-refractivity contribution in [2.75, 3.05) is 0 Å². The van der Waals surface area contributed by atoms with Crippen LogP contribution in [-0.2, 0) is 6.42 Å². The van der Waals surface area contributed by atoms with Gasteiger partial charge in [0.25, 0.3) is 6.71 Å². The van der Waals surface area contributed by atoms with E-state index in [2.05, 4.69) is 199 Å². The Hall–Kier alpha value is -7.56. The number of fused-ring (bicyclic) bond motifs is 10. The first kappa shape index (κ1) is 32.5. The Labute approximate surface area is 342 Å². The standard InChI is InChI=1S/C55H34BNO2/c1-3-13-34(14-4-1)36-25-27-49-43(29-36)44-30-37(35-15-5-2-6-16-35)26-28-50(44)57(49)48-22-12-19-41-40-18-11-17-39(42(40)33-45(41)48)38-31-53-55-54(32-38)59-52-24-10-8-21-47(52)56(55)46-20-7-9-23-51(46)58-53/h1-32H,33H2. The van der Waals surface area contributed by atoms with E-state index in [0.29, 0.717) is 0 Å².